The Morgan fingerprint density at radius 2 is 1.83 bits per heavy atom. The normalized spacial score (nSPS) is 23.0. The zero-order valence-electron chi connectivity index (χ0n) is 8.47. The van der Waals surface area contributed by atoms with E-state index in [0.717, 1.165) is 13.1 Å². The fourth-order valence-electron chi connectivity index (χ4n) is 2.06. The number of likely N-dealkylation sites (N-methyl/N-ethyl adjacent to an activating group) is 1. The summed E-state index contributed by atoms with van der Waals surface area (Å²) in [4.78, 5) is 2.32. The Morgan fingerprint density at radius 1 is 1.25 bits per heavy atom. The number of nitrogens with zero attached hydrogens (tertiary/aromatic N) is 1. The Hall–Kier alpha value is -0.0800. The summed E-state index contributed by atoms with van der Waals surface area (Å²) < 4.78 is 0. The molecular formula is C10H22N2. The van der Waals surface area contributed by atoms with Crippen molar-refractivity contribution < 1.29 is 0 Å². The Bertz CT molecular complexity index is 128. The van der Waals surface area contributed by atoms with Crippen molar-refractivity contribution in [3.05, 3.63) is 0 Å². The van der Waals surface area contributed by atoms with E-state index in [0.29, 0.717) is 0 Å². The second-order valence-corrected chi connectivity index (χ2v) is 4.25. The quantitative estimate of drug-likeness (QED) is 0.697. The van der Waals surface area contributed by atoms with E-state index in [9.17, 15) is 0 Å². The maximum Gasteiger partial charge on any atom is 0.0283 e. The van der Waals surface area contributed by atoms with Gasteiger partial charge in [0.15, 0.2) is 0 Å². The molecule has 72 valence electrons. The van der Waals surface area contributed by atoms with Crippen LogP contribution in [0.5, 0.6) is 0 Å². The van der Waals surface area contributed by atoms with E-state index >= 15 is 0 Å². The molecule has 0 saturated heterocycles. The third kappa shape index (κ3) is 2.76. The Morgan fingerprint density at radius 3 is 2.33 bits per heavy atom. The third-order valence-corrected chi connectivity index (χ3v) is 2.97. The van der Waals surface area contributed by atoms with Gasteiger partial charge in [-0.1, -0.05) is 26.2 Å². The zero-order chi connectivity index (χ0) is 9.03. The van der Waals surface area contributed by atoms with Crippen LogP contribution in [0.1, 0.15) is 39.0 Å². The molecule has 2 heteroatoms. The average Bonchev–Trinajstić information content (AvgIpc) is 2.05. The molecule has 1 rings (SSSR count). The molecule has 0 amide bonds. The van der Waals surface area contributed by atoms with E-state index in [2.05, 4.69) is 18.9 Å². The summed E-state index contributed by atoms with van der Waals surface area (Å²) >= 11 is 0. The SMILES string of the molecule is CCN(C)CC1(N)CCCCC1. The standard InChI is InChI=1S/C10H22N2/c1-3-12(2)9-10(11)7-5-4-6-8-10/h3-9,11H2,1-2H3. The highest BCUT2D eigenvalue weighted by atomic mass is 15.1. The van der Waals surface area contributed by atoms with Crippen LogP contribution in [0.4, 0.5) is 0 Å². The molecule has 0 heterocycles. The second kappa shape index (κ2) is 4.24. The van der Waals surface area contributed by atoms with E-state index in [1.807, 2.05) is 0 Å². The van der Waals surface area contributed by atoms with Gasteiger partial charge in [0.1, 0.15) is 0 Å². The summed E-state index contributed by atoms with van der Waals surface area (Å²) in [5.41, 5.74) is 6.42. The molecule has 0 atom stereocenters. The van der Waals surface area contributed by atoms with Crippen LogP contribution >= 0.6 is 0 Å². The first-order valence-electron chi connectivity index (χ1n) is 5.14. The van der Waals surface area contributed by atoms with Crippen molar-refractivity contribution in [2.24, 2.45) is 5.73 Å². The van der Waals surface area contributed by atoms with Gasteiger partial charge in [-0.2, -0.15) is 0 Å². The van der Waals surface area contributed by atoms with Gasteiger partial charge in [0.2, 0.25) is 0 Å². The van der Waals surface area contributed by atoms with Gasteiger partial charge in [-0.25, -0.2) is 0 Å². The van der Waals surface area contributed by atoms with Crippen molar-refractivity contribution in [1.82, 2.24) is 4.90 Å². The van der Waals surface area contributed by atoms with Crippen LogP contribution in [0.2, 0.25) is 0 Å². The van der Waals surface area contributed by atoms with Gasteiger partial charge >= 0.3 is 0 Å². The van der Waals surface area contributed by atoms with Gasteiger partial charge in [0.25, 0.3) is 0 Å². The third-order valence-electron chi connectivity index (χ3n) is 2.97. The highest BCUT2D eigenvalue weighted by molar-refractivity contribution is 4.89. The molecule has 0 radical (unpaired) electrons. The summed E-state index contributed by atoms with van der Waals surface area (Å²) in [5, 5.41) is 0. The molecule has 1 fully saturated rings. The maximum absolute atomic E-state index is 6.29. The van der Waals surface area contributed by atoms with Crippen LogP contribution < -0.4 is 5.73 Å². The molecule has 0 unspecified atom stereocenters. The summed E-state index contributed by atoms with van der Waals surface area (Å²) in [6, 6.07) is 0. The van der Waals surface area contributed by atoms with Gasteiger partial charge in [-0.15, -0.1) is 0 Å². The molecular weight excluding hydrogens is 148 g/mol. The minimum absolute atomic E-state index is 0.128. The molecule has 0 aromatic heterocycles. The lowest BCUT2D eigenvalue weighted by atomic mass is 9.82. The largest absolute Gasteiger partial charge is 0.324 e. The molecule has 0 aromatic carbocycles. The first-order valence-corrected chi connectivity index (χ1v) is 5.14. The lowest BCUT2D eigenvalue weighted by Gasteiger charge is -2.36. The summed E-state index contributed by atoms with van der Waals surface area (Å²) in [7, 11) is 2.16. The Kier molecular flexibility index (Phi) is 3.53. The Balaban J connectivity index is 2.35. The van der Waals surface area contributed by atoms with E-state index in [-0.39, 0.29) is 5.54 Å². The van der Waals surface area contributed by atoms with Gasteiger partial charge in [0, 0.05) is 12.1 Å². The van der Waals surface area contributed by atoms with Crippen molar-refractivity contribution in [3.63, 3.8) is 0 Å². The second-order valence-electron chi connectivity index (χ2n) is 4.25. The van der Waals surface area contributed by atoms with Crippen molar-refractivity contribution >= 4 is 0 Å². The van der Waals surface area contributed by atoms with E-state index < -0.39 is 0 Å². The lowest BCUT2D eigenvalue weighted by Crippen LogP contribution is -2.50. The van der Waals surface area contributed by atoms with Crippen molar-refractivity contribution in [2.75, 3.05) is 20.1 Å². The average molecular weight is 170 g/mol. The highest BCUT2D eigenvalue weighted by Crippen LogP contribution is 2.26. The fraction of sp³-hybridized carbons (Fsp3) is 1.00. The smallest absolute Gasteiger partial charge is 0.0283 e. The van der Waals surface area contributed by atoms with Gasteiger partial charge in [-0.05, 0) is 26.4 Å². The Labute approximate surface area is 76.1 Å². The molecule has 0 bridgehead atoms. The molecule has 2 N–H and O–H groups in total. The molecule has 1 saturated carbocycles. The molecule has 0 spiro atoms. The van der Waals surface area contributed by atoms with Gasteiger partial charge in [-0.3, -0.25) is 0 Å². The van der Waals surface area contributed by atoms with Crippen LogP contribution in [0.15, 0.2) is 0 Å². The summed E-state index contributed by atoms with van der Waals surface area (Å²) in [6.07, 6.45) is 6.48. The maximum atomic E-state index is 6.29. The van der Waals surface area contributed by atoms with Crippen molar-refractivity contribution in [1.29, 1.82) is 0 Å². The predicted octanol–water partition coefficient (Wildman–Crippen LogP) is 1.60. The highest BCUT2D eigenvalue weighted by Gasteiger charge is 2.27. The van der Waals surface area contributed by atoms with Crippen molar-refractivity contribution in [2.45, 2.75) is 44.6 Å². The van der Waals surface area contributed by atoms with E-state index in [4.69, 9.17) is 5.73 Å². The molecule has 12 heavy (non-hydrogen) atoms. The lowest BCUT2D eigenvalue weighted by molar-refractivity contribution is 0.203. The van der Waals surface area contributed by atoms with Crippen LogP contribution in [-0.2, 0) is 0 Å². The van der Waals surface area contributed by atoms with Crippen LogP contribution in [0.25, 0.3) is 0 Å². The topological polar surface area (TPSA) is 29.3 Å². The fourth-order valence-corrected chi connectivity index (χ4v) is 2.06. The minimum atomic E-state index is 0.128. The number of hydrogen-bond donors (Lipinski definition) is 1. The van der Waals surface area contributed by atoms with Crippen LogP contribution in [0.3, 0.4) is 0 Å². The molecule has 0 aromatic rings. The van der Waals surface area contributed by atoms with Crippen LogP contribution in [0, 0.1) is 0 Å². The van der Waals surface area contributed by atoms with Gasteiger partial charge < -0.3 is 10.6 Å². The molecule has 1 aliphatic carbocycles. The first-order chi connectivity index (χ1) is 5.66. The van der Waals surface area contributed by atoms with E-state index in [1.54, 1.807) is 0 Å². The first kappa shape index (κ1) is 10.0. The van der Waals surface area contributed by atoms with Gasteiger partial charge in [0.05, 0.1) is 0 Å². The molecule has 1 aliphatic rings. The molecule has 0 aliphatic heterocycles. The summed E-state index contributed by atoms with van der Waals surface area (Å²) in [5.74, 6) is 0. The molecule has 2 nitrogen and oxygen atoms in total. The predicted molar refractivity (Wildman–Crippen MR) is 53.2 cm³/mol. The zero-order valence-corrected chi connectivity index (χ0v) is 8.47. The minimum Gasteiger partial charge on any atom is -0.324 e. The summed E-state index contributed by atoms with van der Waals surface area (Å²) in [6.45, 7) is 4.37. The van der Waals surface area contributed by atoms with Crippen LogP contribution in [-0.4, -0.2) is 30.6 Å². The number of hydrogen-bond acceptors (Lipinski definition) is 2. The number of nitrogens with two attached hydrogens (primary N) is 1. The monoisotopic (exact) mass is 170 g/mol. The van der Waals surface area contributed by atoms with Crippen molar-refractivity contribution in [3.8, 4) is 0 Å². The number of rotatable bonds is 3. The van der Waals surface area contributed by atoms with E-state index in [1.165, 1.54) is 32.1 Å².